The monoisotopic (exact) mass is 254 g/mol. The molecule has 0 aromatic carbocycles. The number of nitrogens with zero attached hydrogens (tertiary/aromatic N) is 2. The zero-order chi connectivity index (χ0) is 13.1. The average Bonchev–Trinajstić information content (AvgIpc) is 2.35. The first-order valence-electron chi connectivity index (χ1n) is 7.28. The number of piperidine rings is 2. The van der Waals surface area contributed by atoms with E-state index < -0.39 is 5.97 Å². The van der Waals surface area contributed by atoms with E-state index in [2.05, 4.69) is 23.8 Å². The Morgan fingerprint density at radius 1 is 1.39 bits per heavy atom. The van der Waals surface area contributed by atoms with Crippen molar-refractivity contribution < 1.29 is 9.90 Å². The molecule has 2 saturated heterocycles. The molecule has 2 aliphatic heterocycles. The third-order valence-corrected chi connectivity index (χ3v) is 4.78. The van der Waals surface area contributed by atoms with Gasteiger partial charge in [-0.25, -0.2) is 0 Å². The van der Waals surface area contributed by atoms with Crippen molar-refractivity contribution in [3.63, 3.8) is 0 Å². The fourth-order valence-corrected chi connectivity index (χ4v) is 3.75. The van der Waals surface area contributed by atoms with E-state index in [0.717, 1.165) is 31.5 Å². The second-order valence-electron chi connectivity index (χ2n) is 5.89. The Balaban J connectivity index is 1.94. The normalized spacial score (nSPS) is 31.9. The van der Waals surface area contributed by atoms with Crippen LogP contribution in [0.3, 0.4) is 0 Å². The largest absolute Gasteiger partial charge is 0.481 e. The first-order valence-corrected chi connectivity index (χ1v) is 7.28. The number of hydrogen-bond acceptors (Lipinski definition) is 3. The predicted molar refractivity (Wildman–Crippen MR) is 71.7 cm³/mol. The number of hydrogen-bond donors (Lipinski definition) is 1. The van der Waals surface area contributed by atoms with Gasteiger partial charge in [0.1, 0.15) is 0 Å². The van der Waals surface area contributed by atoms with Crippen LogP contribution in [0, 0.1) is 5.92 Å². The van der Waals surface area contributed by atoms with Crippen molar-refractivity contribution in [2.75, 3.05) is 26.7 Å². The van der Waals surface area contributed by atoms with Gasteiger partial charge in [-0.3, -0.25) is 9.69 Å². The lowest BCUT2D eigenvalue weighted by Crippen LogP contribution is -2.55. The molecular formula is C14H26N2O2. The van der Waals surface area contributed by atoms with Gasteiger partial charge in [-0.2, -0.15) is 0 Å². The van der Waals surface area contributed by atoms with Gasteiger partial charge in [0.25, 0.3) is 0 Å². The highest BCUT2D eigenvalue weighted by molar-refractivity contribution is 5.67. The maximum absolute atomic E-state index is 10.9. The zero-order valence-corrected chi connectivity index (χ0v) is 11.6. The second-order valence-corrected chi connectivity index (χ2v) is 5.89. The van der Waals surface area contributed by atoms with Crippen molar-refractivity contribution in [3.05, 3.63) is 0 Å². The maximum Gasteiger partial charge on any atom is 0.304 e. The molecule has 18 heavy (non-hydrogen) atoms. The number of rotatable bonds is 4. The van der Waals surface area contributed by atoms with Crippen LogP contribution in [0.25, 0.3) is 0 Å². The summed E-state index contributed by atoms with van der Waals surface area (Å²) in [4.78, 5) is 15.8. The molecule has 3 unspecified atom stereocenters. The molecule has 2 aliphatic rings. The highest BCUT2D eigenvalue weighted by Gasteiger charge is 2.36. The Labute approximate surface area is 110 Å². The molecule has 0 bridgehead atoms. The van der Waals surface area contributed by atoms with Crippen LogP contribution in [0.15, 0.2) is 0 Å². The molecule has 4 nitrogen and oxygen atoms in total. The van der Waals surface area contributed by atoms with Crippen LogP contribution >= 0.6 is 0 Å². The predicted octanol–water partition coefficient (Wildman–Crippen LogP) is 1.66. The van der Waals surface area contributed by atoms with Gasteiger partial charge in [0.05, 0.1) is 6.42 Å². The molecule has 1 N–H and O–H groups in total. The van der Waals surface area contributed by atoms with Crippen LogP contribution < -0.4 is 0 Å². The molecule has 0 radical (unpaired) electrons. The molecule has 104 valence electrons. The minimum absolute atomic E-state index is 0.232. The minimum atomic E-state index is -0.662. The second kappa shape index (κ2) is 6.02. The lowest BCUT2D eigenvalue weighted by molar-refractivity contribution is -0.138. The summed E-state index contributed by atoms with van der Waals surface area (Å²) in [6.45, 7) is 5.50. The topological polar surface area (TPSA) is 43.8 Å². The molecule has 4 heteroatoms. The Morgan fingerprint density at radius 2 is 2.17 bits per heavy atom. The fraction of sp³-hybridized carbons (Fsp3) is 0.929. The number of aliphatic carboxylic acids is 1. The van der Waals surface area contributed by atoms with Gasteiger partial charge < -0.3 is 10.0 Å². The third-order valence-electron chi connectivity index (χ3n) is 4.78. The summed E-state index contributed by atoms with van der Waals surface area (Å²) in [6, 6.07) is 0.966. The van der Waals surface area contributed by atoms with E-state index in [1.54, 1.807) is 0 Å². The van der Waals surface area contributed by atoms with E-state index >= 15 is 0 Å². The Kier molecular flexibility index (Phi) is 4.62. The van der Waals surface area contributed by atoms with E-state index in [1.165, 1.54) is 25.8 Å². The summed E-state index contributed by atoms with van der Waals surface area (Å²) in [5, 5.41) is 8.99. The van der Waals surface area contributed by atoms with E-state index in [4.69, 9.17) is 5.11 Å². The zero-order valence-electron chi connectivity index (χ0n) is 11.6. The van der Waals surface area contributed by atoms with E-state index in [-0.39, 0.29) is 6.04 Å². The Morgan fingerprint density at radius 3 is 2.83 bits per heavy atom. The van der Waals surface area contributed by atoms with Gasteiger partial charge in [0.2, 0.25) is 0 Å². The summed E-state index contributed by atoms with van der Waals surface area (Å²) in [5.74, 6) is 0.0880. The molecular weight excluding hydrogens is 228 g/mol. The summed E-state index contributed by atoms with van der Waals surface area (Å²) in [7, 11) is 2.24. The van der Waals surface area contributed by atoms with E-state index in [1.807, 2.05) is 0 Å². The Bertz CT molecular complexity index is 296. The molecule has 2 rings (SSSR count). The van der Waals surface area contributed by atoms with Crippen molar-refractivity contribution in [1.82, 2.24) is 9.80 Å². The average molecular weight is 254 g/mol. The molecule has 3 atom stereocenters. The van der Waals surface area contributed by atoms with Gasteiger partial charge in [-0.1, -0.05) is 6.92 Å². The maximum atomic E-state index is 10.9. The van der Waals surface area contributed by atoms with Crippen molar-refractivity contribution >= 4 is 5.97 Å². The van der Waals surface area contributed by atoms with Gasteiger partial charge in [-0.15, -0.1) is 0 Å². The van der Waals surface area contributed by atoms with E-state index in [9.17, 15) is 4.79 Å². The molecule has 0 aromatic rings. The highest BCUT2D eigenvalue weighted by atomic mass is 16.4. The van der Waals surface area contributed by atoms with Gasteiger partial charge >= 0.3 is 5.97 Å². The van der Waals surface area contributed by atoms with Crippen LogP contribution in [-0.2, 0) is 4.79 Å². The van der Waals surface area contributed by atoms with Crippen molar-refractivity contribution in [3.8, 4) is 0 Å². The van der Waals surface area contributed by atoms with Crippen molar-refractivity contribution in [1.29, 1.82) is 0 Å². The minimum Gasteiger partial charge on any atom is -0.481 e. The number of carbonyl (C=O) groups is 1. The molecule has 0 aromatic heterocycles. The quantitative estimate of drug-likeness (QED) is 0.828. The lowest BCUT2D eigenvalue weighted by Gasteiger charge is -2.47. The molecule has 0 spiro atoms. The van der Waals surface area contributed by atoms with Crippen LogP contribution in [0.1, 0.15) is 39.0 Å². The number of carboxylic acid groups (broad SMARTS) is 1. The molecule has 0 amide bonds. The summed E-state index contributed by atoms with van der Waals surface area (Å²) < 4.78 is 0. The van der Waals surface area contributed by atoms with Crippen LogP contribution in [0.4, 0.5) is 0 Å². The number of carboxylic acids is 1. The van der Waals surface area contributed by atoms with Crippen LogP contribution in [-0.4, -0.2) is 59.6 Å². The van der Waals surface area contributed by atoms with Crippen LogP contribution in [0.2, 0.25) is 0 Å². The summed E-state index contributed by atoms with van der Waals surface area (Å²) >= 11 is 0. The SMILES string of the molecule is CCC(CC(=O)O)N1CCC2C(CCCN2C)C1. The third kappa shape index (κ3) is 3.04. The van der Waals surface area contributed by atoms with Crippen molar-refractivity contribution in [2.24, 2.45) is 5.92 Å². The van der Waals surface area contributed by atoms with Gasteiger partial charge in [0, 0.05) is 18.6 Å². The standard InChI is InChI=1S/C14H26N2O2/c1-3-12(9-14(17)18)16-8-6-13-11(10-16)5-4-7-15(13)2/h11-13H,3-10H2,1-2H3,(H,17,18). The smallest absolute Gasteiger partial charge is 0.304 e. The first kappa shape index (κ1) is 13.8. The molecule has 2 fully saturated rings. The van der Waals surface area contributed by atoms with Crippen LogP contribution in [0.5, 0.6) is 0 Å². The molecule has 0 saturated carbocycles. The van der Waals surface area contributed by atoms with Gasteiger partial charge in [-0.05, 0) is 51.7 Å². The van der Waals surface area contributed by atoms with Gasteiger partial charge in [0.15, 0.2) is 0 Å². The Hall–Kier alpha value is -0.610. The van der Waals surface area contributed by atoms with Crippen molar-refractivity contribution in [2.45, 2.75) is 51.1 Å². The van der Waals surface area contributed by atoms with E-state index in [0.29, 0.717) is 6.42 Å². The number of fused-ring (bicyclic) bond motifs is 1. The number of likely N-dealkylation sites (tertiary alicyclic amines) is 2. The molecule has 0 aliphatic carbocycles. The summed E-state index contributed by atoms with van der Waals surface area (Å²) in [6.07, 6.45) is 5.05. The summed E-state index contributed by atoms with van der Waals surface area (Å²) in [5.41, 5.74) is 0. The fourth-order valence-electron chi connectivity index (χ4n) is 3.75. The highest BCUT2D eigenvalue weighted by Crippen LogP contribution is 2.31. The lowest BCUT2D eigenvalue weighted by atomic mass is 9.83. The first-order chi connectivity index (χ1) is 8.61. The molecule has 2 heterocycles.